The third kappa shape index (κ3) is 2.00. The first kappa shape index (κ1) is 8.67. The summed E-state index contributed by atoms with van der Waals surface area (Å²) in [6.45, 7) is 0. The van der Waals surface area contributed by atoms with Crippen molar-refractivity contribution in [1.29, 1.82) is 0 Å². The number of rotatable bonds is 2. The summed E-state index contributed by atoms with van der Waals surface area (Å²) in [5, 5.41) is 11.5. The average Bonchev–Trinajstić information content (AvgIpc) is 2.06. The zero-order chi connectivity index (χ0) is 8.32. The SMILES string of the molecule is NS(N)(C=S)c1ccccc1. The molecule has 0 aliphatic heterocycles. The van der Waals surface area contributed by atoms with Crippen LogP contribution >= 0.6 is 22.6 Å². The van der Waals surface area contributed by atoms with Crippen LogP contribution in [0.5, 0.6) is 0 Å². The third-order valence-electron chi connectivity index (χ3n) is 1.31. The summed E-state index contributed by atoms with van der Waals surface area (Å²) in [5.74, 6) is 0. The lowest BCUT2D eigenvalue weighted by Crippen LogP contribution is -2.20. The summed E-state index contributed by atoms with van der Waals surface area (Å²) in [4.78, 5) is 0.912. The highest BCUT2D eigenvalue weighted by Gasteiger charge is 2.10. The van der Waals surface area contributed by atoms with E-state index in [9.17, 15) is 0 Å². The molecule has 1 aromatic rings. The third-order valence-corrected chi connectivity index (χ3v) is 3.67. The van der Waals surface area contributed by atoms with Crippen LogP contribution < -0.4 is 10.3 Å². The molecule has 60 valence electrons. The predicted molar refractivity (Wildman–Crippen MR) is 54.3 cm³/mol. The molecule has 0 radical (unpaired) electrons. The minimum absolute atomic E-state index is 0.912. The molecule has 0 bridgehead atoms. The minimum atomic E-state index is -1.81. The van der Waals surface area contributed by atoms with Crippen molar-refractivity contribution < 1.29 is 0 Å². The number of thiocarbonyl (C=S) groups is 1. The summed E-state index contributed by atoms with van der Waals surface area (Å²) in [6, 6.07) is 9.49. The van der Waals surface area contributed by atoms with Gasteiger partial charge in [0.2, 0.25) is 0 Å². The molecule has 0 heterocycles. The molecule has 0 fully saturated rings. The largest absolute Gasteiger partial charge is 0.276 e. The molecule has 1 rings (SSSR count). The Morgan fingerprint density at radius 1 is 1.18 bits per heavy atom. The van der Waals surface area contributed by atoms with Crippen LogP contribution in [0.25, 0.3) is 0 Å². The van der Waals surface area contributed by atoms with Gasteiger partial charge < -0.3 is 0 Å². The lowest BCUT2D eigenvalue weighted by molar-refractivity contribution is 1.43. The standard InChI is InChI=1S/C7H10N2S2/c8-11(9,6-10)7-4-2-1-3-5-7/h1-6H,8-9H2. The zero-order valence-corrected chi connectivity index (χ0v) is 7.57. The van der Waals surface area contributed by atoms with E-state index >= 15 is 0 Å². The van der Waals surface area contributed by atoms with Crippen LogP contribution in [-0.4, -0.2) is 4.70 Å². The lowest BCUT2D eigenvalue weighted by atomic mass is 10.4. The molecule has 0 unspecified atom stereocenters. The molecule has 1 aromatic carbocycles. The van der Waals surface area contributed by atoms with Gasteiger partial charge in [0, 0.05) is 9.59 Å². The van der Waals surface area contributed by atoms with E-state index in [1.165, 1.54) is 4.70 Å². The van der Waals surface area contributed by atoms with Crippen molar-refractivity contribution in [3.8, 4) is 0 Å². The fourth-order valence-corrected chi connectivity index (χ4v) is 1.78. The molecule has 0 aliphatic rings. The smallest absolute Gasteiger partial charge is 0.0463 e. The molecule has 0 aliphatic carbocycles. The lowest BCUT2D eigenvalue weighted by Gasteiger charge is -2.24. The monoisotopic (exact) mass is 186 g/mol. The van der Waals surface area contributed by atoms with Crippen molar-refractivity contribution in [1.82, 2.24) is 0 Å². The van der Waals surface area contributed by atoms with Gasteiger partial charge >= 0.3 is 0 Å². The van der Waals surface area contributed by atoms with Crippen molar-refractivity contribution in [3.63, 3.8) is 0 Å². The second kappa shape index (κ2) is 3.32. The molecule has 4 heteroatoms. The van der Waals surface area contributed by atoms with Crippen molar-refractivity contribution in [2.24, 2.45) is 10.3 Å². The van der Waals surface area contributed by atoms with Gasteiger partial charge in [-0.2, -0.15) is 0 Å². The number of hydrogen-bond acceptors (Lipinski definition) is 3. The molecule has 0 atom stereocenters. The second-order valence-electron chi connectivity index (χ2n) is 2.17. The van der Waals surface area contributed by atoms with Gasteiger partial charge in [-0.1, -0.05) is 40.8 Å². The first-order chi connectivity index (χ1) is 5.17. The fourth-order valence-electron chi connectivity index (χ4n) is 0.712. The Labute approximate surface area is 73.2 Å². The van der Waals surface area contributed by atoms with E-state index in [0.29, 0.717) is 0 Å². The van der Waals surface area contributed by atoms with Gasteiger partial charge in [0.25, 0.3) is 0 Å². The van der Waals surface area contributed by atoms with E-state index in [0.717, 1.165) is 4.90 Å². The highest BCUT2D eigenvalue weighted by atomic mass is 32.3. The van der Waals surface area contributed by atoms with E-state index in [1.54, 1.807) is 0 Å². The van der Waals surface area contributed by atoms with E-state index in [1.807, 2.05) is 30.3 Å². The Morgan fingerprint density at radius 2 is 1.73 bits per heavy atom. The van der Waals surface area contributed by atoms with E-state index < -0.39 is 10.4 Å². The van der Waals surface area contributed by atoms with Crippen LogP contribution in [0.4, 0.5) is 0 Å². The second-order valence-corrected chi connectivity index (χ2v) is 4.94. The number of benzene rings is 1. The van der Waals surface area contributed by atoms with Crippen molar-refractivity contribution in [2.75, 3.05) is 0 Å². The van der Waals surface area contributed by atoms with Crippen molar-refractivity contribution in [3.05, 3.63) is 30.3 Å². The van der Waals surface area contributed by atoms with Gasteiger partial charge in [-0.3, -0.25) is 10.3 Å². The number of hydrogen-bond donors (Lipinski definition) is 2. The highest BCUT2D eigenvalue weighted by molar-refractivity contribution is 8.45. The van der Waals surface area contributed by atoms with E-state index in [2.05, 4.69) is 0 Å². The van der Waals surface area contributed by atoms with Gasteiger partial charge in [-0.15, -0.1) is 0 Å². The maximum Gasteiger partial charge on any atom is 0.0463 e. The highest BCUT2D eigenvalue weighted by Crippen LogP contribution is 2.37. The normalized spacial score (nSPS) is 12.5. The Kier molecular flexibility index (Phi) is 2.62. The summed E-state index contributed by atoms with van der Waals surface area (Å²) < 4.78 is 1.45. The van der Waals surface area contributed by atoms with Gasteiger partial charge in [0.05, 0.1) is 0 Å². The van der Waals surface area contributed by atoms with Crippen LogP contribution in [0.15, 0.2) is 35.2 Å². The molecule has 0 saturated carbocycles. The first-order valence-electron chi connectivity index (χ1n) is 3.06. The van der Waals surface area contributed by atoms with Crippen LogP contribution in [0.2, 0.25) is 0 Å². The van der Waals surface area contributed by atoms with Gasteiger partial charge in [-0.25, -0.2) is 0 Å². The van der Waals surface area contributed by atoms with E-state index in [4.69, 9.17) is 22.5 Å². The summed E-state index contributed by atoms with van der Waals surface area (Å²) >= 11 is 4.73. The summed E-state index contributed by atoms with van der Waals surface area (Å²) in [6.07, 6.45) is 0. The number of nitrogens with two attached hydrogens (primary N) is 2. The Morgan fingerprint density at radius 3 is 2.18 bits per heavy atom. The molecule has 4 N–H and O–H groups in total. The van der Waals surface area contributed by atoms with Gasteiger partial charge in [0.1, 0.15) is 0 Å². The minimum Gasteiger partial charge on any atom is -0.276 e. The van der Waals surface area contributed by atoms with Gasteiger partial charge in [0.15, 0.2) is 0 Å². The Bertz CT molecular complexity index is 246. The Hall–Kier alpha value is -0.420. The maximum absolute atomic E-state index is 5.74. The topological polar surface area (TPSA) is 52.0 Å². The Balaban J connectivity index is 3.02. The molecule has 0 amide bonds. The van der Waals surface area contributed by atoms with Crippen molar-refractivity contribution >= 4 is 27.3 Å². The zero-order valence-electron chi connectivity index (χ0n) is 5.94. The maximum atomic E-state index is 5.74. The summed E-state index contributed by atoms with van der Waals surface area (Å²) in [5.41, 5.74) is 0. The van der Waals surface area contributed by atoms with Crippen LogP contribution in [0.1, 0.15) is 0 Å². The van der Waals surface area contributed by atoms with E-state index in [-0.39, 0.29) is 0 Å². The molecule has 11 heavy (non-hydrogen) atoms. The molecule has 0 aromatic heterocycles. The quantitative estimate of drug-likeness (QED) is 0.689. The molecule has 0 saturated heterocycles. The molecule has 2 nitrogen and oxygen atoms in total. The van der Waals surface area contributed by atoms with Crippen LogP contribution in [0, 0.1) is 0 Å². The first-order valence-corrected chi connectivity index (χ1v) is 5.35. The van der Waals surface area contributed by atoms with Crippen LogP contribution in [0.3, 0.4) is 0 Å². The average molecular weight is 186 g/mol. The fraction of sp³-hybridized carbons (Fsp3) is 0. The molecular weight excluding hydrogens is 176 g/mol. The van der Waals surface area contributed by atoms with Gasteiger partial charge in [-0.05, 0) is 12.1 Å². The predicted octanol–water partition coefficient (Wildman–Crippen LogP) is 1.55. The molecule has 0 spiro atoms. The summed E-state index contributed by atoms with van der Waals surface area (Å²) in [7, 11) is -1.81. The molecular formula is C7H10N2S2. The van der Waals surface area contributed by atoms with Crippen molar-refractivity contribution in [2.45, 2.75) is 4.90 Å². The van der Waals surface area contributed by atoms with Crippen LogP contribution in [-0.2, 0) is 0 Å².